The highest BCUT2D eigenvalue weighted by atomic mass is 32.2. The molecule has 0 aliphatic carbocycles. The van der Waals surface area contributed by atoms with Crippen molar-refractivity contribution in [1.82, 2.24) is 5.32 Å². The maximum absolute atomic E-state index is 12.5. The van der Waals surface area contributed by atoms with Gasteiger partial charge in [0.05, 0.1) is 5.56 Å². The third-order valence-corrected chi connectivity index (χ3v) is 6.71. The fourth-order valence-corrected chi connectivity index (χ4v) is 4.57. The van der Waals surface area contributed by atoms with E-state index in [1.54, 1.807) is 24.1 Å². The Bertz CT molecular complexity index is 1100. The number of carbonyl (C=O) groups is 2. The molecule has 3 aromatic carbocycles. The molecule has 2 N–H and O–H groups in total. The van der Waals surface area contributed by atoms with Gasteiger partial charge in [-0.15, -0.1) is 0 Å². The van der Waals surface area contributed by atoms with Gasteiger partial charge in [0, 0.05) is 29.1 Å². The summed E-state index contributed by atoms with van der Waals surface area (Å²) < 4.78 is 0. The van der Waals surface area contributed by atoms with Crippen LogP contribution in [0.5, 0.6) is 0 Å². The number of carbonyl (C=O) groups excluding carboxylic acids is 1. The van der Waals surface area contributed by atoms with Crippen LogP contribution in [0.15, 0.2) is 82.6 Å². The van der Waals surface area contributed by atoms with E-state index in [1.165, 1.54) is 31.0 Å². The fraction of sp³-hybridized carbons (Fsp3) is 0.286. The smallest absolute Gasteiger partial charge is 0.336 e. The molecule has 2 amide bonds. The number of hydrogen-bond acceptors (Lipinski definition) is 3. The molecule has 34 heavy (non-hydrogen) atoms. The normalized spacial score (nSPS) is 10.6. The molecule has 0 aliphatic heterocycles. The highest BCUT2D eigenvalue weighted by Crippen LogP contribution is 2.32. The van der Waals surface area contributed by atoms with Gasteiger partial charge in [-0.25, -0.2) is 9.59 Å². The van der Waals surface area contributed by atoms with Crippen LogP contribution in [0.1, 0.15) is 49.4 Å². The van der Waals surface area contributed by atoms with E-state index in [4.69, 9.17) is 0 Å². The Morgan fingerprint density at radius 3 is 2.35 bits per heavy atom. The average Bonchev–Trinajstić information content (AvgIpc) is 2.86. The summed E-state index contributed by atoms with van der Waals surface area (Å²) in [6, 6.07) is 22.8. The Labute approximate surface area is 206 Å². The number of hydrogen-bond donors (Lipinski definition) is 2. The van der Waals surface area contributed by atoms with Crippen LogP contribution in [-0.2, 0) is 0 Å². The Kier molecular flexibility index (Phi) is 9.59. The first-order chi connectivity index (χ1) is 16.5. The first-order valence-corrected chi connectivity index (χ1v) is 12.5. The molecule has 0 atom stereocenters. The highest BCUT2D eigenvalue weighted by Gasteiger charge is 2.12. The van der Waals surface area contributed by atoms with Crippen molar-refractivity contribution in [3.8, 4) is 11.1 Å². The number of carboxylic acids is 1. The maximum atomic E-state index is 12.5. The third kappa shape index (κ3) is 7.12. The van der Waals surface area contributed by atoms with E-state index in [1.807, 2.05) is 60.7 Å². The van der Waals surface area contributed by atoms with Gasteiger partial charge in [-0.1, -0.05) is 80.8 Å². The minimum Gasteiger partial charge on any atom is -0.478 e. The van der Waals surface area contributed by atoms with Crippen LogP contribution < -0.4 is 10.2 Å². The summed E-state index contributed by atoms with van der Waals surface area (Å²) in [5.41, 5.74) is 3.17. The van der Waals surface area contributed by atoms with Gasteiger partial charge in [0.15, 0.2) is 0 Å². The lowest BCUT2D eigenvalue weighted by molar-refractivity contribution is 0.0693. The highest BCUT2D eigenvalue weighted by molar-refractivity contribution is 7.99. The topological polar surface area (TPSA) is 69.6 Å². The monoisotopic (exact) mass is 476 g/mol. The lowest BCUT2D eigenvalue weighted by atomic mass is 10.1. The van der Waals surface area contributed by atoms with Crippen molar-refractivity contribution in [3.05, 3.63) is 78.4 Å². The van der Waals surface area contributed by atoms with E-state index in [-0.39, 0.29) is 6.03 Å². The number of carboxylic acid groups (broad SMARTS) is 1. The summed E-state index contributed by atoms with van der Waals surface area (Å²) in [5.74, 6) is -0.929. The van der Waals surface area contributed by atoms with Gasteiger partial charge in [0.1, 0.15) is 0 Å². The second kappa shape index (κ2) is 12.8. The minimum atomic E-state index is -0.929. The van der Waals surface area contributed by atoms with E-state index in [9.17, 15) is 14.7 Å². The molecule has 3 aromatic rings. The molecular weight excluding hydrogens is 444 g/mol. The third-order valence-electron chi connectivity index (χ3n) is 5.63. The standard InChI is InChI=1S/C28H32N2O3S/c1-3-4-5-6-9-19-29-28(33)30(2)23-12-10-11-22(20-23)21-15-17-24(18-16-21)34-26-14-8-7-13-25(26)27(31)32/h7-8,10-18,20H,3-6,9,19H2,1-2H3,(H,29,33)(H,31,32). The van der Waals surface area contributed by atoms with Crippen molar-refractivity contribution in [2.45, 2.75) is 48.8 Å². The van der Waals surface area contributed by atoms with Crippen molar-refractivity contribution < 1.29 is 14.7 Å². The van der Waals surface area contributed by atoms with Crippen molar-refractivity contribution in [2.24, 2.45) is 0 Å². The lowest BCUT2D eigenvalue weighted by Gasteiger charge is -2.19. The molecule has 3 rings (SSSR count). The van der Waals surface area contributed by atoms with E-state index >= 15 is 0 Å². The summed E-state index contributed by atoms with van der Waals surface area (Å²) in [4.78, 5) is 27.3. The number of anilines is 1. The van der Waals surface area contributed by atoms with Gasteiger partial charge in [-0.2, -0.15) is 0 Å². The quantitative estimate of drug-likeness (QED) is 0.285. The van der Waals surface area contributed by atoms with Crippen molar-refractivity contribution in [1.29, 1.82) is 0 Å². The van der Waals surface area contributed by atoms with Crippen molar-refractivity contribution >= 4 is 29.4 Å². The first kappa shape index (κ1) is 25.4. The molecular formula is C28H32N2O3S. The molecule has 0 saturated heterocycles. The summed E-state index contributed by atoms with van der Waals surface area (Å²) in [6.45, 7) is 2.89. The zero-order valence-electron chi connectivity index (χ0n) is 19.8. The number of amides is 2. The van der Waals surface area contributed by atoms with Crippen LogP contribution in [0, 0.1) is 0 Å². The molecule has 0 bridgehead atoms. The van der Waals surface area contributed by atoms with Crippen LogP contribution in [0.3, 0.4) is 0 Å². The lowest BCUT2D eigenvalue weighted by Crippen LogP contribution is -2.37. The molecule has 0 fully saturated rings. The van der Waals surface area contributed by atoms with E-state index < -0.39 is 5.97 Å². The van der Waals surface area contributed by atoms with Gasteiger partial charge >= 0.3 is 12.0 Å². The Morgan fingerprint density at radius 2 is 1.62 bits per heavy atom. The Hall–Kier alpha value is -3.25. The van der Waals surface area contributed by atoms with E-state index in [2.05, 4.69) is 12.2 Å². The number of rotatable bonds is 11. The summed E-state index contributed by atoms with van der Waals surface area (Å²) in [5, 5.41) is 12.4. The van der Waals surface area contributed by atoms with E-state index in [0.717, 1.165) is 34.6 Å². The number of unbranched alkanes of at least 4 members (excludes halogenated alkanes) is 4. The Balaban J connectivity index is 1.63. The number of aromatic carboxylic acids is 1. The minimum absolute atomic E-state index is 0.100. The number of nitrogens with zero attached hydrogens (tertiary/aromatic N) is 1. The predicted molar refractivity (Wildman–Crippen MR) is 140 cm³/mol. The molecule has 0 aromatic heterocycles. The average molecular weight is 477 g/mol. The predicted octanol–water partition coefficient (Wildman–Crippen LogP) is 7.32. The molecule has 0 radical (unpaired) electrons. The van der Waals surface area contributed by atoms with Gasteiger partial charge in [-0.3, -0.25) is 4.90 Å². The second-order valence-electron chi connectivity index (χ2n) is 8.18. The molecule has 0 saturated carbocycles. The van der Waals surface area contributed by atoms with Crippen molar-refractivity contribution in [2.75, 3.05) is 18.5 Å². The zero-order chi connectivity index (χ0) is 24.3. The van der Waals surface area contributed by atoms with Gasteiger partial charge in [0.25, 0.3) is 0 Å². The van der Waals surface area contributed by atoms with Crippen molar-refractivity contribution in [3.63, 3.8) is 0 Å². The summed E-state index contributed by atoms with van der Waals surface area (Å²) >= 11 is 1.43. The van der Waals surface area contributed by atoms with Gasteiger partial charge < -0.3 is 10.4 Å². The first-order valence-electron chi connectivity index (χ1n) is 11.7. The largest absolute Gasteiger partial charge is 0.478 e. The summed E-state index contributed by atoms with van der Waals surface area (Å²) in [6.07, 6.45) is 5.82. The number of nitrogens with one attached hydrogen (secondary N) is 1. The molecule has 0 unspecified atom stereocenters. The van der Waals surface area contributed by atoms with E-state index in [0.29, 0.717) is 17.0 Å². The molecule has 0 aliphatic rings. The zero-order valence-corrected chi connectivity index (χ0v) is 20.6. The van der Waals surface area contributed by atoms with Crippen LogP contribution >= 0.6 is 11.8 Å². The number of benzene rings is 3. The maximum Gasteiger partial charge on any atom is 0.336 e. The molecule has 5 nitrogen and oxygen atoms in total. The van der Waals surface area contributed by atoms with Crippen LogP contribution in [-0.4, -0.2) is 30.7 Å². The Morgan fingerprint density at radius 1 is 0.882 bits per heavy atom. The van der Waals surface area contributed by atoms with Crippen LogP contribution in [0.4, 0.5) is 10.5 Å². The van der Waals surface area contributed by atoms with Crippen LogP contribution in [0.2, 0.25) is 0 Å². The van der Waals surface area contributed by atoms with Gasteiger partial charge in [0.2, 0.25) is 0 Å². The SMILES string of the molecule is CCCCCCCNC(=O)N(C)c1cccc(-c2ccc(Sc3ccccc3C(=O)O)cc2)c1. The molecule has 178 valence electrons. The fourth-order valence-electron chi connectivity index (χ4n) is 3.63. The van der Waals surface area contributed by atoms with Gasteiger partial charge in [-0.05, 0) is 53.9 Å². The summed E-state index contributed by atoms with van der Waals surface area (Å²) in [7, 11) is 1.78. The second-order valence-corrected chi connectivity index (χ2v) is 9.30. The molecule has 0 heterocycles. The van der Waals surface area contributed by atoms with Crippen LogP contribution in [0.25, 0.3) is 11.1 Å². The molecule has 6 heteroatoms. The number of urea groups is 1. The molecule has 0 spiro atoms.